The zero-order chi connectivity index (χ0) is 18.5. The van der Waals surface area contributed by atoms with Crippen LogP contribution >= 0.6 is 0 Å². The number of nitrogens with two attached hydrogens (primary N) is 1. The summed E-state index contributed by atoms with van der Waals surface area (Å²) in [5.41, 5.74) is 2.42. The van der Waals surface area contributed by atoms with E-state index in [0.29, 0.717) is 0 Å². The number of hydrogen-bond acceptors (Lipinski definition) is 8. The van der Waals surface area contributed by atoms with Crippen molar-refractivity contribution < 1.29 is 19.1 Å². The Morgan fingerprint density at radius 3 is 2.12 bits per heavy atom. The van der Waals surface area contributed by atoms with Gasteiger partial charge in [-0.1, -0.05) is 13.0 Å². The smallest absolute Gasteiger partial charge is 0.310 e. The largest absolute Gasteiger partial charge is 0.469 e. The molecule has 8 nitrogen and oxygen atoms in total. The Morgan fingerprint density at radius 1 is 1.17 bits per heavy atom. The van der Waals surface area contributed by atoms with Crippen molar-refractivity contribution in [1.82, 2.24) is 0 Å². The summed E-state index contributed by atoms with van der Waals surface area (Å²) < 4.78 is 9.21. The highest BCUT2D eigenvalue weighted by Crippen LogP contribution is 2.52. The maximum atomic E-state index is 11.8. The van der Waals surface area contributed by atoms with Crippen molar-refractivity contribution in [2.45, 2.75) is 19.8 Å². The van der Waals surface area contributed by atoms with Crippen LogP contribution in [0.15, 0.2) is 22.9 Å². The molecule has 8 heteroatoms. The van der Waals surface area contributed by atoms with Gasteiger partial charge < -0.3 is 15.2 Å². The van der Waals surface area contributed by atoms with E-state index in [4.69, 9.17) is 5.73 Å². The van der Waals surface area contributed by atoms with E-state index in [1.807, 2.05) is 18.2 Å². The molecular formula is C16H16N4O4. The van der Waals surface area contributed by atoms with Crippen LogP contribution < -0.4 is 5.73 Å². The molecule has 2 N–H and O–H groups in total. The summed E-state index contributed by atoms with van der Waals surface area (Å²) in [7, 11) is 2.36. The summed E-state index contributed by atoms with van der Waals surface area (Å²) in [5.74, 6) is -1.28. The lowest BCUT2D eigenvalue weighted by Gasteiger charge is -2.40. The SMILES string of the molecule is COC(=O)CC1=CC(C)(CC(=O)OC)C(C#N)(C#N)C(N)=C1C#N. The van der Waals surface area contributed by atoms with Crippen LogP contribution in [0.3, 0.4) is 0 Å². The van der Waals surface area contributed by atoms with E-state index < -0.39 is 22.8 Å². The first kappa shape index (κ1) is 18.7. The Bertz CT molecular complexity index is 746. The molecule has 0 amide bonds. The second-order valence-electron chi connectivity index (χ2n) is 5.47. The van der Waals surface area contributed by atoms with Gasteiger partial charge in [0, 0.05) is 5.41 Å². The van der Waals surface area contributed by atoms with Gasteiger partial charge in [0.15, 0.2) is 5.41 Å². The normalized spacial score (nSPS) is 21.6. The molecular weight excluding hydrogens is 312 g/mol. The van der Waals surface area contributed by atoms with E-state index in [2.05, 4.69) is 9.47 Å². The summed E-state index contributed by atoms with van der Waals surface area (Å²) in [6.45, 7) is 1.48. The molecule has 1 rings (SSSR count). The molecule has 0 fully saturated rings. The highest BCUT2D eigenvalue weighted by Gasteiger charge is 2.55. The number of ether oxygens (including phenoxy) is 2. The zero-order valence-corrected chi connectivity index (χ0v) is 13.5. The molecule has 124 valence electrons. The molecule has 24 heavy (non-hydrogen) atoms. The molecule has 0 aromatic rings. The highest BCUT2D eigenvalue weighted by atomic mass is 16.5. The Morgan fingerprint density at radius 2 is 1.71 bits per heavy atom. The minimum Gasteiger partial charge on any atom is -0.469 e. The van der Waals surface area contributed by atoms with Crippen LogP contribution in [0.5, 0.6) is 0 Å². The van der Waals surface area contributed by atoms with Crippen LogP contribution in [-0.2, 0) is 19.1 Å². The average Bonchev–Trinajstić information content (AvgIpc) is 2.55. The van der Waals surface area contributed by atoms with Gasteiger partial charge in [0.05, 0.1) is 50.5 Å². The van der Waals surface area contributed by atoms with Gasteiger partial charge in [0.1, 0.15) is 6.07 Å². The first-order chi connectivity index (χ1) is 11.2. The monoisotopic (exact) mass is 328 g/mol. The first-order valence-electron chi connectivity index (χ1n) is 6.83. The number of hydrogen-bond donors (Lipinski definition) is 1. The molecule has 0 saturated carbocycles. The summed E-state index contributed by atoms with van der Waals surface area (Å²) in [4.78, 5) is 23.3. The van der Waals surface area contributed by atoms with E-state index in [0.717, 1.165) is 0 Å². The molecule has 0 bridgehead atoms. The molecule has 0 aliphatic heterocycles. The van der Waals surface area contributed by atoms with Crippen LogP contribution in [0.4, 0.5) is 0 Å². The molecule has 0 heterocycles. The lowest BCUT2D eigenvalue weighted by Crippen LogP contribution is -2.45. The molecule has 0 saturated heterocycles. The predicted molar refractivity (Wildman–Crippen MR) is 79.9 cm³/mol. The van der Waals surface area contributed by atoms with Crippen LogP contribution in [0.25, 0.3) is 0 Å². The van der Waals surface area contributed by atoms with Gasteiger partial charge in [0.25, 0.3) is 0 Å². The van der Waals surface area contributed by atoms with Gasteiger partial charge >= 0.3 is 11.9 Å². The van der Waals surface area contributed by atoms with E-state index in [9.17, 15) is 25.4 Å². The number of carbonyl (C=O) groups is 2. The standard InChI is InChI=1S/C16H16N4O4/c1-15(6-13(22)24-3)5-10(4-12(21)23-2)11(7-17)14(20)16(15,8-18)9-19/h5H,4,6,20H2,1-3H3. The van der Waals surface area contributed by atoms with Crippen LogP contribution in [0.1, 0.15) is 19.8 Å². The third kappa shape index (κ3) is 2.80. The number of esters is 2. The third-order valence-corrected chi connectivity index (χ3v) is 4.09. The van der Waals surface area contributed by atoms with Crippen LogP contribution in [0, 0.1) is 44.8 Å². The van der Waals surface area contributed by atoms with Crippen molar-refractivity contribution in [1.29, 1.82) is 15.8 Å². The van der Waals surface area contributed by atoms with Gasteiger partial charge in [-0.2, -0.15) is 15.8 Å². The lowest BCUT2D eigenvalue weighted by atomic mass is 9.58. The fourth-order valence-corrected chi connectivity index (χ4v) is 2.69. The van der Waals surface area contributed by atoms with Gasteiger partial charge in [-0.3, -0.25) is 9.59 Å². The molecule has 0 radical (unpaired) electrons. The minimum atomic E-state index is -1.94. The first-order valence-corrected chi connectivity index (χ1v) is 6.83. The lowest BCUT2D eigenvalue weighted by molar-refractivity contribution is -0.143. The van der Waals surface area contributed by atoms with Crippen molar-refractivity contribution in [3.8, 4) is 18.2 Å². The van der Waals surface area contributed by atoms with E-state index in [-0.39, 0.29) is 29.7 Å². The van der Waals surface area contributed by atoms with Crippen molar-refractivity contribution in [3.63, 3.8) is 0 Å². The molecule has 1 atom stereocenters. The molecule has 0 aromatic heterocycles. The third-order valence-electron chi connectivity index (χ3n) is 4.09. The molecule has 1 unspecified atom stereocenters. The van der Waals surface area contributed by atoms with Crippen molar-refractivity contribution in [2.75, 3.05) is 14.2 Å². The summed E-state index contributed by atoms with van der Waals surface area (Å²) in [5, 5.41) is 28.5. The van der Waals surface area contributed by atoms with E-state index >= 15 is 0 Å². The topological polar surface area (TPSA) is 150 Å². The summed E-state index contributed by atoms with van der Waals surface area (Å²) in [6, 6.07) is 5.47. The quantitative estimate of drug-likeness (QED) is 0.745. The van der Waals surface area contributed by atoms with Gasteiger partial charge in [0.2, 0.25) is 0 Å². The fourth-order valence-electron chi connectivity index (χ4n) is 2.69. The molecule has 1 aliphatic carbocycles. The van der Waals surface area contributed by atoms with Crippen LogP contribution in [0.2, 0.25) is 0 Å². The molecule has 0 aromatic carbocycles. The number of allylic oxidation sites excluding steroid dienone is 3. The fraction of sp³-hybridized carbons (Fsp3) is 0.438. The maximum Gasteiger partial charge on any atom is 0.310 e. The van der Waals surface area contributed by atoms with Gasteiger partial charge in [-0.15, -0.1) is 0 Å². The van der Waals surface area contributed by atoms with Crippen molar-refractivity contribution in [2.24, 2.45) is 16.6 Å². The summed E-state index contributed by atoms with van der Waals surface area (Å²) in [6.07, 6.45) is 0.792. The van der Waals surface area contributed by atoms with E-state index in [1.54, 1.807) is 0 Å². The number of rotatable bonds is 4. The minimum absolute atomic E-state index is 0.133. The molecule has 1 aliphatic rings. The number of carbonyl (C=O) groups excluding carboxylic acids is 2. The van der Waals surface area contributed by atoms with E-state index in [1.165, 1.54) is 27.2 Å². The second kappa shape index (κ2) is 6.85. The Labute approximate surface area is 139 Å². The zero-order valence-electron chi connectivity index (χ0n) is 13.5. The average molecular weight is 328 g/mol. The van der Waals surface area contributed by atoms with Crippen LogP contribution in [-0.4, -0.2) is 26.2 Å². The Hall–Kier alpha value is -3.31. The Balaban J connectivity index is 3.66. The summed E-state index contributed by atoms with van der Waals surface area (Å²) >= 11 is 0. The highest BCUT2D eigenvalue weighted by molar-refractivity contribution is 5.77. The number of nitrogens with zero attached hydrogens (tertiary/aromatic N) is 3. The second-order valence-corrected chi connectivity index (χ2v) is 5.47. The van der Waals surface area contributed by atoms with Gasteiger partial charge in [-0.05, 0) is 5.57 Å². The number of methoxy groups -OCH3 is 2. The predicted octanol–water partition coefficient (Wildman–Crippen LogP) is 0.829. The number of nitriles is 3. The van der Waals surface area contributed by atoms with Crippen molar-refractivity contribution in [3.05, 3.63) is 22.9 Å². The molecule has 0 spiro atoms. The maximum absolute atomic E-state index is 11.8. The van der Waals surface area contributed by atoms with Gasteiger partial charge in [-0.25, -0.2) is 0 Å². The Kier molecular flexibility index (Phi) is 5.35. The van der Waals surface area contributed by atoms with Crippen molar-refractivity contribution >= 4 is 11.9 Å².